The van der Waals surface area contributed by atoms with Crippen LogP contribution in [-0.4, -0.2) is 53.6 Å². The zero-order valence-electron chi connectivity index (χ0n) is 15.0. The zero-order valence-corrected chi connectivity index (χ0v) is 15.0. The molecule has 0 atom stereocenters. The lowest BCUT2D eigenvalue weighted by molar-refractivity contribution is -0.0982. The molecule has 6 fully saturated rings. The van der Waals surface area contributed by atoms with Crippen molar-refractivity contribution in [1.82, 2.24) is 15.1 Å². The number of nitrogens with zero attached hydrogens (tertiary/aromatic N) is 2. The van der Waals surface area contributed by atoms with E-state index in [1.807, 2.05) is 0 Å². The van der Waals surface area contributed by atoms with Crippen molar-refractivity contribution in [3.63, 3.8) is 0 Å². The lowest BCUT2D eigenvalue weighted by Crippen LogP contribution is -2.64. The Labute approximate surface area is 146 Å². The van der Waals surface area contributed by atoms with Crippen LogP contribution in [0.25, 0.3) is 0 Å². The van der Waals surface area contributed by atoms with E-state index < -0.39 is 0 Å². The Hall–Kier alpha value is -0.770. The average molecular weight is 332 g/mol. The van der Waals surface area contributed by atoms with E-state index in [-0.39, 0.29) is 6.03 Å². The van der Waals surface area contributed by atoms with Gasteiger partial charge in [0.1, 0.15) is 0 Å². The van der Waals surface area contributed by atoms with Crippen molar-refractivity contribution in [2.24, 2.45) is 17.8 Å². The highest BCUT2D eigenvalue weighted by Gasteiger charge is 2.53. The summed E-state index contributed by atoms with van der Waals surface area (Å²) in [5, 5.41) is 3.27. The summed E-state index contributed by atoms with van der Waals surface area (Å²) in [6.07, 6.45) is 13.8. The van der Waals surface area contributed by atoms with Gasteiger partial charge in [0.05, 0.1) is 0 Å². The fourth-order valence-electron chi connectivity index (χ4n) is 7.17. The molecule has 24 heavy (non-hydrogen) atoms. The summed E-state index contributed by atoms with van der Waals surface area (Å²) in [5.74, 6) is 3.04. The second kappa shape index (κ2) is 5.89. The second-order valence-electron chi connectivity index (χ2n) is 9.55. The zero-order chi connectivity index (χ0) is 16.1. The van der Waals surface area contributed by atoms with Gasteiger partial charge in [0.25, 0.3) is 0 Å². The summed E-state index contributed by atoms with van der Waals surface area (Å²) in [4.78, 5) is 17.4. The first-order chi connectivity index (χ1) is 11.7. The largest absolute Gasteiger partial charge is 0.335 e. The van der Waals surface area contributed by atoms with Crippen LogP contribution in [0.4, 0.5) is 4.79 Å². The van der Waals surface area contributed by atoms with Gasteiger partial charge in [-0.1, -0.05) is 12.8 Å². The smallest absolute Gasteiger partial charge is 0.317 e. The van der Waals surface area contributed by atoms with Crippen LogP contribution in [0, 0.1) is 17.8 Å². The molecular formula is C20H33N3O. The first-order valence-corrected chi connectivity index (χ1v) is 10.5. The minimum absolute atomic E-state index is 0.201. The van der Waals surface area contributed by atoms with Crippen molar-refractivity contribution in [2.75, 3.05) is 26.2 Å². The molecule has 0 aromatic heterocycles. The highest BCUT2D eigenvalue weighted by molar-refractivity contribution is 5.74. The molecule has 1 N–H and O–H groups in total. The highest BCUT2D eigenvalue weighted by atomic mass is 16.2. The number of rotatable bonds is 2. The van der Waals surface area contributed by atoms with Crippen molar-refractivity contribution in [2.45, 2.75) is 75.8 Å². The molecule has 0 aromatic rings. The highest BCUT2D eigenvalue weighted by Crippen LogP contribution is 2.57. The summed E-state index contributed by atoms with van der Waals surface area (Å²) in [6, 6.07) is 0.644. The number of nitrogens with one attached hydrogen (secondary N) is 1. The molecule has 0 spiro atoms. The van der Waals surface area contributed by atoms with Crippen molar-refractivity contribution in [1.29, 1.82) is 0 Å². The minimum atomic E-state index is 0.201. The Bertz CT molecular complexity index is 456. The maximum absolute atomic E-state index is 12.5. The number of urea groups is 1. The predicted molar refractivity (Wildman–Crippen MR) is 94.8 cm³/mol. The van der Waals surface area contributed by atoms with Gasteiger partial charge in [0, 0.05) is 37.8 Å². The van der Waals surface area contributed by atoms with Crippen LogP contribution in [0.1, 0.15) is 64.2 Å². The molecule has 134 valence electrons. The van der Waals surface area contributed by atoms with Crippen LogP contribution >= 0.6 is 0 Å². The van der Waals surface area contributed by atoms with E-state index in [4.69, 9.17) is 0 Å². The van der Waals surface area contributed by atoms with Gasteiger partial charge in [-0.3, -0.25) is 4.90 Å². The summed E-state index contributed by atoms with van der Waals surface area (Å²) < 4.78 is 0. The van der Waals surface area contributed by atoms with E-state index >= 15 is 0 Å². The standard InChI is InChI=1S/C20H33N3O/c24-19(21-18-3-1-2-4-18)22-5-7-23(8-6-22)20-12-15-9-16(13-20)11-17(10-15)14-20/h15-18H,1-14H2,(H,21,24). The Morgan fingerprint density at radius 1 is 0.833 bits per heavy atom. The van der Waals surface area contributed by atoms with Gasteiger partial charge in [0.2, 0.25) is 0 Å². The summed E-state index contributed by atoms with van der Waals surface area (Å²) in [7, 11) is 0. The molecule has 5 saturated carbocycles. The first-order valence-electron chi connectivity index (χ1n) is 10.5. The van der Waals surface area contributed by atoms with E-state index in [0.29, 0.717) is 11.6 Å². The average Bonchev–Trinajstić information content (AvgIpc) is 3.07. The third-order valence-corrected chi connectivity index (χ3v) is 7.93. The quantitative estimate of drug-likeness (QED) is 0.843. The molecule has 0 aromatic carbocycles. The van der Waals surface area contributed by atoms with Gasteiger partial charge < -0.3 is 10.2 Å². The molecule has 1 aliphatic heterocycles. The molecule has 6 aliphatic rings. The van der Waals surface area contributed by atoms with Crippen LogP contribution < -0.4 is 5.32 Å². The molecule has 1 saturated heterocycles. The van der Waals surface area contributed by atoms with E-state index in [0.717, 1.165) is 43.9 Å². The van der Waals surface area contributed by atoms with Crippen LogP contribution in [0.5, 0.6) is 0 Å². The van der Waals surface area contributed by atoms with Crippen molar-refractivity contribution < 1.29 is 4.79 Å². The molecular weight excluding hydrogens is 298 g/mol. The Morgan fingerprint density at radius 3 is 1.92 bits per heavy atom. The number of carbonyl (C=O) groups excluding carboxylic acids is 1. The summed E-state index contributed by atoms with van der Waals surface area (Å²) in [6.45, 7) is 4.06. The van der Waals surface area contributed by atoms with Crippen molar-refractivity contribution >= 4 is 6.03 Å². The van der Waals surface area contributed by atoms with Crippen LogP contribution in [0.15, 0.2) is 0 Å². The first kappa shape index (κ1) is 15.5. The Kier molecular flexibility index (Phi) is 3.80. The van der Waals surface area contributed by atoms with E-state index in [9.17, 15) is 4.79 Å². The second-order valence-corrected chi connectivity index (χ2v) is 9.55. The van der Waals surface area contributed by atoms with E-state index in [1.54, 1.807) is 0 Å². The Morgan fingerprint density at radius 2 is 1.38 bits per heavy atom. The minimum Gasteiger partial charge on any atom is -0.335 e. The third-order valence-electron chi connectivity index (χ3n) is 7.93. The van der Waals surface area contributed by atoms with Crippen LogP contribution in [-0.2, 0) is 0 Å². The SMILES string of the molecule is O=C(NC1CCCC1)N1CCN(C23CC4CC(CC(C4)C2)C3)CC1. The molecule has 0 unspecified atom stereocenters. The molecule has 4 bridgehead atoms. The van der Waals surface area contributed by atoms with Gasteiger partial charge in [-0.15, -0.1) is 0 Å². The fraction of sp³-hybridized carbons (Fsp3) is 0.950. The number of hydrogen-bond donors (Lipinski definition) is 1. The topological polar surface area (TPSA) is 35.6 Å². The lowest BCUT2D eigenvalue weighted by atomic mass is 9.52. The summed E-state index contributed by atoms with van der Waals surface area (Å²) >= 11 is 0. The monoisotopic (exact) mass is 331 g/mol. The molecule has 0 radical (unpaired) electrons. The molecule has 4 nitrogen and oxygen atoms in total. The lowest BCUT2D eigenvalue weighted by Gasteiger charge is -2.61. The predicted octanol–water partition coefficient (Wildman–Crippen LogP) is 3.23. The van der Waals surface area contributed by atoms with Gasteiger partial charge in [-0.2, -0.15) is 0 Å². The molecule has 4 heteroatoms. The van der Waals surface area contributed by atoms with E-state index in [2.05, 4.69) is 15.1 Å². The van der Waals surface area contributed by atoms with Crippen molar-refractivity contribution in [3.05, 3.63) is 0 Å². The van der Waals surface area contributed by atoms with Crippen molar-refractivity contribution in [3.8, 4) is 0 Å². The van der Waals surface area contributed by atoms with E-state index in [1.165, 1.54) is 64.2 Å². The molecule has 2 amide bonds. The number of piperazine rings is 1. The van der Waals surface area contributed by atoms with Gasteiger partial charge in [-0.05, 0) is 69.1 Å². The molecule has 6 rings (SSSR count). The number of amides is 2. The maximum Gasteiger partial charge on any atom is 0.317 e. The van der Waals surface area contributed by atoms with Crippen LogP contribution in [0.3, 0.4) is 0 Å². The molecule has 5 aliphatic carbocycles. The summed E-state index contributed by atoms with van der Waals surface area (Å²) in [5.41, 5.74) is 0.517. The third kappa shape index (κ3) is 2.65. The van der Waals surface area contributed by atoms with Crippen LogP contribution in [0.2, 0.25) is 0 Å². The van der Waals surface area contributed by atoms with Gasteiger partial charge in [0.15, 0.2) is 0 Å². The van der Waals surface area contributed by atoms with Gasteiger partial charge >= 0.3 is 6.03 Å². The number of hydrogen-bond acceptors (Lipinski definition) is 2. The molecule has 1 heterocycles. The van der Waals surface area contributed by atoms with Gasteiger partial charge in [-0.25, -0.2) is 4.79 Å². The Balaban J connectivity index is 1.19. The fourth-order valence-corrected chi connectivity index (χ4v) is 7.17. The maximum atomic E-state index is 12.5. The number of carbonyl (C=O) groups is 1. The normalized spacial score (nSPS) is 42.7.